The summed E-state index contributed by atoms with van der Waals surface area (Å²) in [5.74, 6) is 0.587. The number of aryl methyl sites for hydroxylation is 1. The minimum atomic E-state index is 0.519. The Morgan fingerprint density at radius 2 is 1.69 bits per heavy atom. The van der Waals surface area contributed by atoms with Crippen molar-refractivity contribution >= 4 is 28.3 Å². The second kappa shape index (κ2) is 10.2. The van der Waals surface area contributed by atoms with E-state index in [1.54, 1.807) is 6.20 Å². The maximum Gasteiger partial charge on any atom is 0.223 e. The van der Waals surface area contributed by atoms with Gasteiger partial charge in [-0.2, -0.15) is 0 Å². The smallest absolute Gasteiger partial charge is 0.223 e. The zero-order chi connectivity index (χ0) is 22.3. The van der Waals surface area contributed by atoms with E-state index >= 15 is 0 Å². The molecule has 0 fully saturated rings. The number of hydrogen-bond donors (Lipinski definition) is 2. The summed E-state index contributed by atoms with van der Waals surface area (Å²) in [4.78, 5) is 19.8. The summed E-state index contributed by atoms with van der Waals surface area (Å²) < 4.78 is 1.05. The van der Waals surface area contributed by atoms with Crippen molar-refractivity contribution in [1.82, 2.24) is 15.3 Å². The summed E-state index contributed by atoms with van der Waals surface area (Å²) in [6.45, 7) is 3.24. The lowest BCUT2D eigenvalue weighted by Gasteiger charge is -2.14. The zero-order valence-electron chi connectivity index (χ0n) is 17.7. The van der Waals surface area contributed by atoms with Crippen LogP contribution in [0.5, 0.6) is 0 Å². The molecule has 4 aromatic rings. The van der Waals surface area contributed by atoms with E-state index in [-0.39, 0.29) is 0 Å². The van der Waals surface area contributed by atoms with Gasteiger partial charge in [-0.3, -0.25) is 4.79 Å². The molecule has 0 aliphatic heterocycles. The number of benzene rings is 3. The van der Waals surface area contributed by atoms with E-state index in [1.165, 1.54) is 0 Å². The maximum atomic E-state index is 10.6. The standard InChI is InChI=1S/C26H23BrN4O/c1-18-13-20(15-28-17-32)9-10-22(18)23-7-2-3-8-24(23)25-11-12-29-26(31-25)30-16-19-5-4-6-21(27)14-19/h2-14,17H,15-16H2,1H3,(H,28,32)(H,29,30,31). The predicted octanol–water partition coefficient (Wildman–Crippen LogP) is 5.74. The summed E-state index contributed by atoms with van der Waals surface area (Å²) in [5.41, 5.74) is 7.50. The highest BCUT2D eigenvalue weighted by atomic mass is 79.9. The SMILES string of the molecule is Cc1cc(CNC=O)ccc1-c1ccccc1-c1ccnc(NCc2cccc(Br)c2)n1. The molecule has 5 nitrogen and oxygen atoms in total. The van der Waals surface area contributed by atoms with E-state index in [4.69, 9.17) is 4.98 Å². The molecule has 160 valence electrons. The van der Waals surface area contributed by atoms with Gasteiger partial charge in [0.1, 0.15) is 0 Å². The van der Waals surface area contributed by atoms with Gasteiger partial charge < -0.3 is 10.6 Å². The Labute approximate surface area is 196 Å². The second-order valence-electron chi connectivity index (χ2n) is 7.44. The number of carbonyl (C=O) groups is 1. The first kappa shape index (κ1) is 21.7. The molecule has 1 heterocycles. The lowest BCUT2D eigenvalue weighted by Crippen LogP contribution is -2.09. The minimum Gasteiger partial charge on any atom is -0.355 e. The van der Waals surface area contributed by atoms with E-state index in [0.29, 0.717) is 19.0 Å². The summed E-state index contributed by atoms with van der Waals surface area (Å²) in [6.07, 6.45) is 2.50. The molecule has 0 unspecified atom stereocenters. The molecule has 1 aromatic heterocycles. The van der Waals surface area contributed by atoms with E-state index in [1.807, 2.05) is 36.4 Å². The number of carbonyl (C=O) groups excluding carboxylic acids is 1. The van der Waals surface area contributed by atoms with Crippen molar-refractivity contribution in [3.05, 3.63) is 100 Å². The van der Waals surface area contributed by atoms with Crippen LogP contribution in [-0.2, 0) is 17.9 Å². The fourth-order valence-corrected chi connectivity index (χ4v) is 4.11. The van der Waals surface area contributed by atoms with Crippen LogP contribution in [0.4, 0.5) is 5.95 Å². The van der Waals surface area contributed by atoms with Crippen LogP contribution in [0.1, 0.15) is 16.7 Å². The Balaban J connectivity index is 1.61. The van der Waals surface area contributed by atoms with Crippen LogP contribution in [0.3, 0.4) is 0 Å². The van der Waals surface area contributed by atoms with Gasteiger partial charge in [0.15, 0.2) is 0 Å². The fraction of sp³-hybridized carbons (Fsp3) is 0.115. The minimum absolute atomic E-state index is 0.519. The highest BCUT2D eigenvalue weighted by Gasteiger charge is 2.12. The molecule has 0 saturated carbocycles. The molecular formula is C26H23BrN4O. The molecule has 6 heteroatoms. The Morgan fingerprint density at radius 1 is 0.875 bits per heavy atom. The van der Waals surface area contributed by atoms with Gasteiger partial charge in [-0.1, -0.05) is 70.5 Å². The number of aromatic nitrogens is 2. The molecule has 2 N–H and O–H groups in total. The van der Waals surface area contributed by atoms with Crippen molar-refractivity contribution in [1.29, 1.82) is 0 Å². The predicted molar refractivity (Wildman–Crippen MR) is 132 cm³/mol. The number of nitrogens with one attached hydrogen (secondary N) is 2. The maximum absolute atomic E-state index is 10.6. The van der Waals surface area contributed by atoms with E-state index < -0.39 is 0 Å². The highest BCUT2D eigenvalue weighted by molar-refractivity contribution is 9.10. The molecule has 32 heavy (non-hydrogen) atoms. The summed E-state index contributed by atoms with van der Waals surface area (Å²) in [6, 6.07) is 24.6. The molecule has 0 aliphatic carbocycles. The number of halogens is 1. The van der Waals surface area contributed by atoms with Crippen LogP contribution < -0.4 is 10.6 Å². The fourth-order valence-electron chi connectivity index (χ4n) is 3.66. The van der Waals surface area contributed by atoms with Gasteiger partial charge in [-0.15, -0.1) is 0 Å². The largest absolute Gasteiger partial charge is 0.355 e. The first-order chi connectivity index (χ1) is 15.6. The van der Waals surface area contributed by atoms with Crippen molar-refractivity contribution < 1.29 is 4.79 Å². The number of hydrogen-bond acceptors (Lipinski definition) is 4. The Kier molecular flexibility index (Phi) is 6.92. The van der Waals surface area contributed by atoms with Gasteiger partial charge >= 0.3 is 0 Å². The van der Waals surface area contributed by atoms with Crippen molar-refractivity contribution in [2.45, 2.75) is 20.0 Å². The average molecular weight is 487 g/mol. The van der Waals surface area contributed by atoms with E-state index in [2.05, 4.69) is 74.9 Å². The molecule has 0 spiro atoms. The van der Waals surface area contributed by atoms with Crippen LogP contribution in [0.15, 0.2) is 83.5 Å². The zero-order valence-corrected chi connectivity index (χ0v) is 19.3. The lowest BCUT2D eigenvalue weighted by molar-refractivity contribution is -0.109. The average Bonchev–Trinajstić information content (AvgIpc) is 2.82. The Morgan fingerprint density at radius 3 is 2.47 bits per heavy atom. The van der Waals surface area contributed by atoms with Gasteiger partial charge in [0.25, 0.3) is 0 Å². The van der Waals surface area contributed by atoms with Gasteiger partial charge in [0, 0.05) is 29.3 Å². The van der Waals surface area contributed by atoms with Crippen LogP contribution in [0.2, 0.25) is 0 Å². The first-order valence-electron chi connectivity index (χ1n) is 10.3. The van der Waals surface area contributed by atoms with Gasteiger partial charge in [-0.05, 0) is 52.9 Å². The molecule has 3 aromatic carbocycles. The number of nitrogens with zero attached hydrogens (tertiary/aromatic N) is 2. The van der Waals surface area contributed by atoms with Crippen LogP contribution in [0.25, 0.3) is 22.4 Å². The number of anilines is 1. The number of amides is 1. The Bertz CT molecular complexity index is 1240. The molecule has 4 rings (SSSR count). The molecule has 0 radical (unpaired) electrons. The van der Waals surface area contributed by atoms with E-state index in [0.717, 1.165) is 50.0 Å². The summed E-state index contributed by atoms with van der Waals surface area (Å²) in [5, 5.41) is 6.03. The van der Waals surface area contributed by atoms with Crippen LogP contribution in [0, 0.1) is 6.92 Å². The third kappa shape index (κ3) is 5.21. The van der Waals surface area contributed by atoms with Gasteiger partial charge in [0.2, 0.25) is 12.4 Å². The number of rotatable bonds is 8. The van der Waals surface area contributed by atoms with Crippen molar-refractivity contribution in [2.75, 3.05) is 5.32 Å². The second-order valence-corrected chi connectivity index (χ2v) is 8.36. The molecule has 0 saturated heterocycles. The third-order valence-electron chi connectivity index (χ3n) is 5.17. The topological polar surface area (TPSA) is 66.9 Å². The van der Waals surface area contributed by atoms with E-state index in [9.17, 15) is 4.79 Å². The molecule has 0 atom stereocenters. The van der Waals surface area contributed by atoms with Crippen LogP contribution in [-0.4, -0.2) is 16.4 Å². The molecule has 0 aliphatic rings. The van der Waals surface area contributed by atoms with Crippen molar-refractivity contribution in [3.8, 4) is 22.4 Å². The highest BCUT2D eigenvalue weighted by Crippen LogP contribution is 2.33. The first-order valence-corrected chi connectivity index (χ1v) is 11.1. The molecular weight excluding hydrogens is 464 g/mol. The van der Waals surface area contributed by atoms with Crippen LogP contribution >= 0.6 is 15.9 Å². The lowest BCUT2D eigenvalue weighted by atomic mass is 9.93. The van der Waals surface area contributed by atoms with Crippen molar-refractivity contribution in [2.24, 2.45) is 0 Å². The van der Waals surface area contributed by atoms with Crippen molar-refractivity contribution in [3.63, 3.8) is 0 Å². The monoisotopic (exact) mass is 486 g/mol. The molecule has 0 bridgehead atoms. The summed E-state index contributed by atoms with van der Waals surface area (Å²) in [7, 11) is 0. The normalized spacial score (nSPS) is 10.6. The van der Waals surface area contributed by atoms with Gasteiger partial charge in [-0.25, -0.2) is 9.97 Å². The molecule has 1 amide bonds. The summed E-state index contributed by atoms with van der Waals surface area (Å²) >= 11 is 3.51. The third-order valence-corrected chi connectivity index (χ3v) is 5.66. The Hall–Kier alpha value is -3.51. The van der Waals surface area contributed by atoms with Gasteiger partial charge in [0.05, 0.1) is 5.69 Å². The quantitative estimate of drug-likeness (QED) is 0.311.